The average Bonchev–Trinajstić information content (AvgIpc) is 3.31. The predicted molar refractivity (Wildman–Crippen MR) is 99.6 cm³/mol. The van der Waals surface area contributed by atoms with Crippen LogP contribution in [0, 0.1) is 0 Å². The Bertz CT molecular complexity index is 1020. The highest BCUT2D eigenvalue weighted by molar-refractivity contribution is 5.98. The molecule has 2 aromatic rings. The summed E-state index contributed by atoms with van der Waals surface area (Å²) < 4.78 is 15.8. The van der Waals surface area contributed by atoms with Crippen LogP contribution >= 0.6 is 0 Å². The van der Waals surface area contributed by atoms with Crippen LogP contribution in [0.2, 0.25) is 0 Å². The van der Waals surface area contributed by atoms with Gasteiger partial charge in [0.05, 0.1) is 12.2 Å². The van der Waals surface area contributed by atoms with Gasteiger partial charge in [0.15, 0.2) is 0 Å². The zero-order valence-electron chi connectivity index (χ0n) is 15.1. The number of anilines is 2. The number of pyridine rings is 1. The number of carbonyl (C=O) groups is 3. The highest BCUT2D eigenvalue weighted by Gasteiger charge is 2.49. The van der Waals surface area contributed by atoms with Gasteiger partial charge in [0.2, 0.25) is 6.10 Å². The maximum atomic E-state index is 12.2. The average molecular weight is 396 g/mol. The molecule has 0 saturated carbocycles. The first-order chi connectivity index (χ1) is 14.0. The molecule has 4 heterocycles. The summed E-state index contributed by atoms with van der Waals surface area (Å²) in [4.78, 5) is 42.6. The summed E-state index contributed by atoms with van der Waals surface area (Å²) in [7, 11) is 0. The Kier molecular flexibility index (Phi) is 3.79. The highest BCUT2D eigenvalue weighted by Crippen LogP contribution is 2.41. The van der Waals surface area contributed by atoms with E-state index < -0.39 is 30.2 Å². The molecule has 5 rings (SSSR count). The maximum Gasteiger partial charge on any atom is 0.415 e. The third kappa shape index (κ3) is 2.72. The molecule has 0 spiro atoms. The Morgan fingerprint density at radius 1 is 1.10 bits per heavy atom. The predicted octanol–water partition coefficient (Wildman–Crippen LogP) is 1.28. The number of carbonyl (C=O) groups excluding carboxylic acids is 3. The van der Waals surface area contributed by atoms with E-state index in [1.807, 2.05) is 12.1 Å². The molecule has 2 N–H and O–H groups in total. The Balaban J connectivity index is 1.43. The van der Waals surface area contributed by atoms with Crippen LogP contribution in [0.4, 0.5) is 21.1 Å². The normalized spacial score (nSPS) is 22.5. The third-order valence-corrected chi connectivity index (χ3v) is 5.13. The SMILES string of the molecule is NC(=O)[C@@H]1OC(=O)N2c3ccc(-c4ccc(N5CCOC5=O)nc4)cc3OC[C@@H]12. The van der Waals surface area contributed by atoms with Crippen LogP contribution in [0.15, 0.2) is 36.5 Å². The van der Waals surface area contributed by atoms with Gasteiger partial charge in [-0.15, -0.1) is 0 Å². The molecule has 29 heavy (non-hydrogen) atoms. The molecule has 2 saturated heterocycles. The maximum absolute atomic E-state index is 12.2. The molecular formula is C19H16N4O6. The van der Waals surface area contributed by atoms with Crippen molar-refractivity contribution >= 4 is 29.6 Å². The molecule has 3 aliphatic rings. The number of nitrogens with two attached hydrogens (primary N) is 1. The molecule has 1 aromatic heterocycles. The number of ether oxygens (including phenoxy) is 3. The van der Waals surface area contributed by atoms with Crippen molar-refractivity contribution in [3.05, 3.63) is 36.5 Å². The van der Waals surface area contributed by atoms with E-state index in [1.54, 1.807) is 24.4 Å². The van der Waals surface area contributed by atoms with Crippen LogP contribution in [0.3, 0.4) is 0 Å². The van der Waals surface area contributed by atoms with Crippen molar-refractivity contribution in [1.82, 2.24) is 4.98 Å². The van der Waals surface area contributed by atoms with Gasteiger partial charge in [-0.05, 0) is 29.8 Å². The third-order valence-electron chi connectivity index (χ3n) is 5.13. The number of hydrogen-bond donors (Lipinski definition) is 1. The van der Waals surface area contributed by atoms with E-state index in [-0.39, 0.29) is 6.61 Å². The van der Waals surface area contributed by atoms with E-state index in [0.29, 0.717) is 30.4 Å². The minimum Gasteiger partial charge on any atom is -0.489 e. The van der Waals surface area contributed by atoms with Gasteiger partial charge in [-0.1, -0.05) is 6.07 Å². The Hall–Kier alpha value is -3.82. The van der Waals surface area contributed by atoms with Gasteiger partial charge in [-0.3, -0.25) is 14.6 Å². The number of rotatable bonds is 3. The summed E-state index contributed by atoms with van der Waals surface area (Å²) in [6.07, 6.45) is -0.417. The lowest BCUT2D eigenvalue weighted by molar-refractivity contribution is -0.125. The quantitative estimate of drug-likeness (QED) is 0.828. The molecule has 10 heteroatoms. The van der Waals surface area contributed by atoms with Crippen LogP contribution in [0.25, 0.3) is 11.1 Å². The van der Waals surface area contributed by atoms with Crippen LogP contribution < -0.4 is 20.3 Å². The Morgan fingerprint density at radius 3 is 2.62 bits per heavy atom. The van der Waals surface area contributed by atoms with Crippen molar-refractivity contribution in [3.63, 3.8) is 0 Å². The molecule has 2 atom stereocenters. The molecule has 0 unspecified atom stereocenters. The molecule has 2 fully saturated rings. The van der Waals surface area contributed by atoms with Crippen LogP contribution in [-0.4, -0.2) is 55.0 Å². The van der Waals surface area contributed by atoms with Gasteiger partial charge in [-0.2, -0.15) is 0 Å². The fraction of sp³-hybridized carbons (Fsp3) is 0.263. The number of aromatic nitrogens is 1. The van der Waals surface area contributed by atoms with Gasteiger partial charge in [0.25, 0.3) is 5.91 Å². The molecule has 0 bridgehead atoms. The number of cyclic esters (lactones) is 2. The van der Waals surface area contributed by atoms with Crippen molar-refractivity contribution in [3.8, 4) is 16.9 Å². The van der Waals surface area contributed by atoms with Gasteiger partial charge in [0, 0.05) is 11.8 Å². The first-order valence-corrected chi connectivity index (χ1v) is 8.99. The standard InChI is InChI=1S/C19H16N4O6/c20-17(24)16-13-9-28-14-7-10(1-3-12(14)23(13)19(26)29-16)11-2-4-15(21-8-11)22-5-6-27-18(22)25/h1-4,7-8,13,16H,5-6,9H2,(H2,20,24)/t13-,16+/m0/s1. The monoisotopic (exact) mass is 396 g/mol. The van der Waals surface area contributed by atoms with E-state index in [2.05, 4.69) is 4.98 Å². The molecule has 10 nitrogen and oxygen atoms in total. The Morgan fingerprint density at radius 2 is 1.93 bits per heavy atom. The van der Waals surface area contributed by atoms with Crippen molar-refractivity contribution in [2.45, 2.75) is 12.1 Å². The van der Waals surface area contributed by atoms with Gasteiger partial charge in [-0.25, -0.2) is 14.6 Å². The van der Waals surface area contributed by atoms with Crippen LogP contribution in [-0.2, 0) is 14.3 Å². The summed E-state index contributed by atoms with van der Waals surface area (Å²) in [5.74, 6) is 0.307. The van der Waals surface area contributed by atoms with Crippen molar-refractivity contribution in [2.24, 2.45) is 5.73 Å². The topological polar surface area (TPSA) is 124 Å². The first-order valence-electron chi connectivity index (χ1n) is 8.99. The molecule has 3 aliphatic heterocycles. The van der Waals surface area contributed by atoms with Gasteiger partial charge < -0.3 is 19.9 Å². The van der Waals surface area contributed by atoms with E-state index in [1.165, 1.54) is 9.80 Å². The lowest BCUT2D eigenvalue weighted by Crippen LogP contribution is -2.48. The zero-order chi connectivity index (χ0) is 20.1. The second kappa shape index (κ2) is 6.36. The van der Waals surface area contributed by atoms with Gasteiger partial charge >= 0.3 is 12.2 Å². The fourth-order valence-corrected chi connectivity index (χ4v) is 3.70. The van der Waals surface area contributed by atoms with E-state index in [4.69, 9.17) is 19.9 Å². The molecule has 148 valence electrons. The molecular weight excluding hydrogens is 380 g/mol. The number of amides is 3. The summed E-state index contributed by atoms with van der Waals surface area (Å²) in [6, 6.07) is 8.34. The molecule has 1 aromatic carbocycles. The molecule has 3 amide bonds. The van der Waals surface area contributed by atoms with Crippen LogP contribution in [0.5, 0.6) is 5.75 Å². The molecule has 0 aliphatic carbocycles. The largest absolute Gasteiger partial charge is 0.489 e. The van der Waals surface area contributed by atoms with Crippen molar-refractivity contribution in [1.29, 1.82) is 0 Å². The fourth-order valence-electron chi connectivity index (χ4n) is 3.70. The summed E-state index contributed by atoms with van der Waals surface area (Å²) in [5, 5.41) is 0. The number of nitrogens with zero attached hydrogens (tertiary/aromatic N) is 3. The minimum atomic E-state index is -1.04. The first kappa shape index (κ1) is 17.3. The lowest BCUT2D eigenvalue weighted by atomic mass is 10.0. The zero-order valence-corrected chi connectivity index (χ0v) is 15.1. The number of primary amides is 1. The summed E-state index contributed by atoms with van der Waals surface area (Å²) in [5.41, 5.74) is 7.47. The van der Waals surface area contributed by atoms with E-state index in [9.17, 15) is 14.4 Å². The van der Waals surface area contributed by atoms with E-state index >= 15 is 0 Å². The number of fused-ring (bicyclic) bond motifs is 3. The summed E-state index contributed by atoms with van der Waals surface area (Å²) >= 11 is 0. The number of hydrogen-bond acceptors (Lipinski definition) is 7. The van der Waals surface area contributed by atoms with Crippen molar-refractivity contribution in [2.75, 3.05) is 29.6 Å². The molecule has 0 radical (unpaired) electrons. The smallest absolute Gasteiger partial charge is 0.415 e. The summed E-state index contributed by atoms with van der Waals surface area (Å²) in [6.45, 7) is 0.919. The Labute approximate surface area is 164 Å². The minimum absolute atomic E-state index is 0.101. The second-order valence-corrected chi connectivity index (χ2v) is 6.81. The van der Waals surface area contributed by atoms with E-state index in [0.717, 1.165) is 11.1 Å². The lowest BCUT2D eigenvalue weighted by Gasteiger charge is -2.30. The van der Waals surface area contributed by atoms with Crippen LogP contribution in [0.1, 0.15) is 0 Å². The van der Waals surface area contributed by atoms with Crippen molar-refractivity contribution < 1.29 is 28.6 Å². The number of benzene rings is 1. The highest BCUT2D eigenvalue weighted by atomic mass is 16.6. The van der Waals surface area contributed by atoms with Gasteiger partial charge in [0.1, 0.15) is 30.8 Å². The second-order valence-electron chi connectivity index (χ2n) is 6.81.